The molecular formula is C15H19ClN2O. The molecule has 0 saturated heterocycles. The van der Waals surface area contributed by atoms with Gasteiger partial charge in [0.25, 0.3) is 0 Å². The summed E-state index contributed by atoms with van der Waals surface area (Å²) in [6.45, 7) is 4.30. The van der Waals surface area contributed by atoms with Crippen LogP contribution in [0.25, 0.3) is 0 Å². The largest absolute Gasteiger partial charge is 0.324 e. The Morgan fingerprint density at radius 3 is 2.68 bits per heavy atom. The summed E-state index contributed by atoms with van der Waals surface area (Å²) >= 11 is 6.08. The van der Waals surface area contributed by atoms with E-state index in [9.17, 15) is 4.79 Å². The van der Waals surface area contributed by atoms with Crippen LogP contribution in [0, 0.1) is 17.8 Å². The number of hydrogen-bond donors (Lipinski definition) is 2. The summed E-state index contributed by atoms with van der Waals surface area (Å²) in [5.74, 6) is 5.69. The number of anilines is 1. The van der Waals surface area contributed by atoms with E-state index in [1.807, 2.05) is 13.8 Å². The number of carbonyl (C=O) groups is 1. The van der Waals surface area contributed by atoms with Crippen LogP contribution in [0.4, 0.5) is 5.69 Å². The summed E-state index contributed by atoms with van der Waals surface area (Å²) in [5.41, 5.74) is 6.72. The van der Waals surface area contributed by atoms with Crippen LogP contribution in [0.2, 0.25) is 5.02 Å². The molecule has 4 heteroatoms. The summed E-state index contributed by atoms with van der Waals surface area (Å²) in [5, 5.41) is 3.37. The molecule has 0 aliphatic carbocycles. The van der Waals surface area contributed by atoms with Crippen LogP contribution in [0.3, 0.4) is 0 Å². The third kappa shape index (κ3) is 4.59. The van der Waals surface area contributed by atoms with Crippen LogP contribution in [0.1, 0.15) is 32.3 Å². The van der Waals surface area contributed by atoms with Crippen molar-refractivity contribution in [1.82, 2.24) is 0 Å². The van der Waals surface area contributed by atoms with Crippen molar-refractivity contribution in [1.29, 1.82) is 0 Å². The van der Waals surface area contributed by atoms with Crippen LogP contribution in [0.5, 0.6) is 0 Å². The number of nitrogens with two attached hydrogens (primary N) is 1. The fourth-order valence-corrected chi connectivity index (χ4v) is 1.91. The Labute approximate surface area is 119 Å². The van der Waals surface area contributed by atoms with Gasteiger partial charge in [0.15, 0.2) is 0 Å². The molecule has 1 amide bonds. The first-order valence-electron chi connectivity index (χ1n) is 6.41. The predicted molar refractivity (Wildman–Crippen MR) is 80.1 cm³/mol. The second kappa shape index (κ2) is 7.83. The molecule has 0 bridgehead atoms. The summed E-state index contributed by atoms with van der Waals surface area (Å²) in [4.78, 5) is 12.0. The quantitative estimate of drug-likeness (QED) is 0.832. The van der Waals surface area contributed by atoms with Gasteiger partial charge in [0.05, 0.1) is 17.3 Å². The molecule has 0 atom stereocenters. The summed E-state index contributed by atoms with van der Waals surface area (Å²) < 4.78 is 0. The second-order valence-corrected chi connectivity index (χ2v) is 4.61. The van der Waals surface area contributed by atoms with Gasteiger partial charge in [-0.05, 0) is 31.0 Å². The van der Waals surface area contributed by atoms with E-state index in [2.05, 4.69) is 17.2 Å². The Bertz CT molecular complexity index is 499. The predicted octanol–water partition coefficient (Wildman–Crippen LogP) is 3.02. The average molecular weight is 279 g/mol. The average Bonchev–Trinajstić information content (AvgIpc) is 2.41. The maximum Gasteiger partial charge on any atom is 0.227 e. The highest BCUT2D eigenvalue weighted by Crippen LogP contribution is 2.24. The van der Waals surface area contributed by atoms with Gasteiger partial charge in [0, 0.05) is 11.5 Å². The van der Waals surface area contributed by atoms with Crippen LogP contribution >= 0.6 is 11.6 Å². The third-order valence-corrected chi connectivity index (χ3v) is 3.24. The Kier molecular flexibility index (Phi) is 6.41. The van der Waals surface area contributed by atoms with E-state index in [-0.39, 0.29) is 11.8 Å². The molecule has 0 radical (unpaired) electrons. The molecule has 3 nitrogen and oxygen atoms in total. The van der Waals surface area contributed by atoms with Crippen molar-refractivity contribution in [3.8, 4) is 11.8 Å². The van der Waals surface area contributed by atoms with E-state index in [1.165, 1.54) is 0 Å². The van der Waals surface area contributed by atoms with Crippen LogP contribution in [0.15, 0.2) is 18.2 Å². The molecule has 0 heterocycles. The number of benzene rings is 1. The number of hydrogen-bond acceptors (Lipinski definition) is 2. The van der Waals surface area contributed by atoms with Crippen molar-refractivity contribution < 1.29 is 4.79 Å². The lowest BCUT2D eigenvalue weighted by molar-refractivity contribution is -0.120. The first kappa shape index (κ1) is 15.6. The minimum atomic E-state index is -0.00386. The molecule has 0 spiro atoms. The number of amides is 1. The second-order valence-electron chi connectivity index (χ2n) is 4.20. The van der Waals surface area contributed by atoms with Gasteiger partial charge in [-0.15, -0.1) is 0 Å². The first-order valence-corrected chi connectivity index (χ1v) is 6.79. The monoisotopic (exact) mass is 278 g/mol. The minimum Gasteiger partial charge on any atom is -0.324 e. The smallest absolute Gasteiger partial charge is 0.227 e. The Morgan fingerprint density at radius 2 is 2.11 bits per heavy atom. The summed E-state index contributed by atoms with van der Waals surface area (Å²) in [6, 6.07) is 5.30. The molecule has 1 aromatic carbocycles. The normalized spacial score (nSPS) is 9.95. The van der Waals surface area contributed by atoms with Crippen molar-refractivity contribution in [2.45, 2.75) is 26.7 Å². The highest BCUT2D eigenvalue weighted by atomic mass is 35.5. The van der Waals surface area contributed by atoms with Gasteiger partial charge < -0.3 is 11.1 Å². The molecule has 0 aromatic heterocycles. The zero-order valence-corrected chi connectivity index (χ0v) is 12.1. The SMILES string of the molecule is CCC(CC)C(=O)Nc1cc(C#CCN)ccc1Cl. The van der Waals surface area contributed by atoms with Crippen LogP contribution < -0.4 is 11.1 Å². The molecule has 1 rings (SSSR count). The zero-order valence-electron chi connectivity index (χ0n) is 11.3. The molecule has 0 saturated carbocycles. The lowest BCUT2D eigenvalue weighted by Gasteiger charge is -2.13. The van der Waals surface area contributed by atoms with Gasteiger partial charge in [0.1, 0.15) is 0 Å². The molecule has 0 unspecified atom stereocenters. The van der Waals surface area contributed by atoms with Crippen molar-refractivity contribution in [2.24, 2.45) is 11.7 Å². The topological polar surface area (TPSA) is 55.1 Å². The lowest BCUT2D eigenvalue weighted by atomic mass is 10.0. The minimum absolute atomic E-state index is 0.00386. The van der Waals surface area contributed by atoms with E-state index in [1.54, 1.807) is 18.2 Å². The Balaban J connectivity index is 2.90. The van der Waals surface area contributed by atoms with Gasteiger partial charge in [-0.2, -0.15) is 0 Å². The highest BCUT2D eigenvalue weighted by molar-refractivity contribution is 6.33. The number of halogens is 1. The molecule has 0 aliphatic heterocycles. The number of nitrogens with one attached hydrogen (secondary N) is 1. The maximum absolute atomic E-state index is 12.0. The van der Waals surface area contributed by atoms with Gasteiger partial charge >= 0.3 is 0 Å². The molecule has 1 aromatic rings. The Hall–Kier alpha value is -1.50. The van der Waals surface area contributed by atoms with Gasteiger partial charge in [-0.25, -0.2) is 0 Å². The molecule has 102 valence electrons. The fourth-order valence-electron chi connectivity index (χ4n) is 1.75. The van der Waals surface area contributed by atoms with Gasteiger partial charge in [-0.1, -0.05) is 37.3 Å². The van der Waals surface area contributed by atoms with Crippen molar-refractivity contribution in [3.05, 3.63) is 28.8 Å². The van der Waals surface area contributed by atoms with Crippen LogP contribution in [-0.4, -0.2) is 12.5 Å². The lowest BCUT2D eigenvalue weighted by Crippen LogP contribution is -2.21. The zero-order chi connectivity index (χ0) is 14.3. The highest BCUT2D eigenvalue weighted by Gasteiger charge is 2.15. The van der Waals surface area contributed by atoms with Crippen molar-refractivity contribution in [3.63, 3.8) is 0 Å². The summed E-state index contributed by atoms with van der Waals surface area (Å²) in [6.07, 6.45) is 1.62. The third-order valence-electron chi connectivity index (χ3n) is 2.92. The van der Waals surface area contributed by atoms with Gasteiger partial charge in [-0.3, -0.25) is 4.79 Å². The Morgan fingerprint density at radius 1 is 1.42 bits per heavy atom. The molecule has 0 aliphatic rings. The molecule has 19 heavy (non-hydrogen) atoms. The van der Waals surface area contributed by atoms with E-state index in [0.717, 1.165) is 18.4 Å². The standard InChI is InChI=1S/C15H19ClN2O/c1-3-12(4-2)15(19)18-14-10-11(6-5-9-17)7-8-13(14)16/h7-8,10,12H,3-4,9,17H2,1-2H3,(H,18,19). The van der Waals surface area contributed by atoms with Crippen LogP contribution in [-0.2, 0) is 4.79 Å². The van der Waals surface area contributed by atoms with E-state index in [0.29, 0.717) is 17.3 Å². The molecule has 0 fully saturated rings. The number of carbonyl (C=O) groups excluding carboxylic acids is 1. The van der Waals surface area contributed by atoms with E-state index >= 15 is 0 Å². The first-order chi connectivity index (χ1) is 9.12. The fraction of sp³-hybridized carbons (Fsp3) is 0.400. The van der Waals surface area contributed by atoms with E-state index < -0.39 is 0 Å². The van der Waals surface area contributed by atoms with Crippen molar-refractivity contribution in [2.75, 3.05) is 11.9 Å². The maximum atomic E-state index is 12.0. The van der Waals surface area contributed by atoms with Crippen molar-refractivity contribution >= 4 is 23.2 Å². The van der Waals surface area contributed by atoms with E-state index in [4.69, 9.17) is 17.3 Å². The molecular weight excluding hydrogens is 260 g/mol. The molecule has 3 N–H and O–H groups in total. The summed E-state index contributed by atoms with van der Waals surface area (Å²) in [7, 11) is 0. The van der Waals surface area contributed by atoms with Gasteiger partial charge in [0.2, 0.25) is 5.91 Å². The number of rotatable bonds is 4.